The molecule has 1 aromatic rings. The number of methoxy groups -OCH3 is 1. The van der Waals surface area contributed by atoms with Crippen molar-refractivity contribution in [1.82, 2.24) is 10.2 Å². The summed E-state index contributed by atoms with van der Waals surface area (Å²) in [6, 6.07) is 2.18. The zero-order valence-corrected chi connectivity index (χ0v) is 15.7. The lowest BCUT2D eigenvalue weighted by Crippen LogP contribution is -2.70. The largest absolute Gasteiger partial charge is 0.494 e. The number of amides is 2. The van der Waals surface area contributed by atoms with Gasteiger partial charge in [0.15, 0.2) is 18.2 Å². The van der Waals surface area contributed by atoms with E-state index in [1.54, 1.807) is 13.8 Å². The van der Waals surface area contributed by atoms with Gasteiger partial charge in [0.05, 0.1) is 7.11 Å². The molecule has 1 aromatic carbocycles. The van der Waals surface area contributed by atoms with Gasteiger partial charge in [-0.3, -0.25) is 9.59 Å². The first-order valence-corrected chi connectivity index (χ1v) is 9.02. The average Bonchev–Trinajstić information content (AvgIpc) is 2.86. The van der Waals surface area contributed by atoms with E-state index in [1.165, 1.54) is 35.9 Å². The lowest BCUT2D eigenvalue weighted by atomic mass is 9.96. The molecule has 0 radical (unpaired) electrons. The molecule has 0 unspecified atom stereocenters. The topological polar surface area (TPSA) is 105 Å². The number of halogens is 1. The number of hydrogen-bond donors (Lipinski definition) is 2. The van der Waals surface area contributed by atoms with Crippen molar-refractivity contribution in [2.24, 2.45) is 0 Å². The standard InChI is InChI=1S/C17H19FN2O6S/c1-17(2)13(16(23)24)20-14(22)12(15(20)27-17)19-11(21)7-26-8-4-5-10(25-3)9(18)6-8/h4-6,12-13,15H,7H2,1-3H3,(H,19,21)(H,23,24)/t12-,13+,15-/m1/s1. The Bertz CT molecular complexity index is 802. The van der Waals surface area contributed by atoms with Crippen molar-refractivity contribution in [3.8, 4) is 11.5 Å². The summed E-state index contributed by atoms with van der Waals surface area (Å²) in [7, 11) is 1.34. The van der Waals surface area contributed by atoms with Crippen LogP contribution in [0.1, 0.15) is 13.8 Å². The van der Waals surface area contributed by atoms with Gasteiger partial charge in [-0.05, 0) is 26.0 Å². The van der Waals surface area contributed by atoms with Crippen LogP contribution in [0.4, 0.5) is 4.39 Å². The van der Waals surface area contributed by atoms with Gasteiger partial charge in [-0.1, -0.05) is 0 Å². The van der Waals surface area contributed by atoms with Crippen molar-refractivity contribution in [2.45, 2.75) is 36.1 Å². The summed E-state index contributed by atoms with van der Waals surface area (Å²) in [6.07, 6.45) is 0. The number of thioether (sulfide) groups is 1. The molecule has 0 saturated carbocycles. The quantitative estimate of drug-likeness (QED) is 0.685. The normalized spacial score (nSPS) is 25.4. The van der Waals surface area contributed by atoms with E-state index in [0.29, 0.717) is 0 Å². The Morgan fingerprint density at radius 1 is 1.41 bits per heavy atom. The van der Waals surface area contributed by atoms with Gasteiger partial charge in [-0.25, -0.2) is 9.18 Å². The number of carbonyl (C=O) groups excluding carboxylic acids is 2. The smallest absolute Gasteiger partial charge is 0.327 e. The van der Waals surface area contributed by atoms with Crippen molar-refractivity contribution in [3.05, 3.63) is 24.0 Å². The van der Waals surface area contributed by atoms with E-state index in [-0.39, 0.29) is 11.5 Å². The lowest BCUT2D eigenvalue weighted by molar-refractivity contribution is -0.161. The minimum Gasteiger partial charge on any atom is -0.494 e. The number of carbonyl (C=O) groups is 3. The second kappa shape index (κ2) is 6.91. The molecule has 0 aliphatic carbocycles. The van der Waals surface area contributed by atoms with E-state index in [0.717, 1.165) is 6.07 Å². The minimum absolute atomic E-state index is 0.0563. The predicted octanol–water partition coefficient (Wildman–Crippen LogP) is 0.845. The van der Waals surface area contributed by atoms with Crippen LogP contribution >= 0.6 is 11.8 Å². The van der Waals surface area contributed by atoms with Crippen molar-refractivity contribution < 1.29 is 33.4 Å². The van der Waals surface area contributed by atoms with E-state index in [4.69, 9.17) is 9.47 Å². The number of hydrogen-bond acceptors (Lipinski definition) is 6. The molecule has 2 aliphatic rings. The highest BCUT2D eigenvalue weighted by Gasteiger charge is 2.64. The maximum atomic E-state index is 13.6. The second-order valence-corrected chi connectivity index (χ2v) is 8.50. The second-order valence-electron chi connectivity index (χ2n) is 6.73. The Balaban J connectivity index is 1.57. The third-order valence-electron chi connectivity index (χ3n) is 4.48. The molecule has 0 bridgehead atoms. The van der Waals surface area contributed by atoms with Crippen molar-refractivity contribution >= 4 is 29.5 Å². The fraction of sp³-hybridized carbons (Fsp3) is 0.471. The number of β-lactam (4-membered cyclic amide) rings is 1. The summed E-state index contributed by atoms with van der Waals surface area (Å²) in [5.41, 5.74) is 0. The first-order chi connectivity index (χ1) is 12.7. The van der Waals surface area contributed by atoms with Gasteiger partial charge in [0.1, 0.15) is 23.2 Å². The van der Waals surface area contributed by atoms with Crippen LogP contribution in [0.3, 0.4) is 0 Å². The monoisotopic (exact) mass is 398 g/mol. The molecule has 2 heterocycles. The van der Waals surface area contributed by atoms with E-state index >= 15 is 0 Å². The Labute approximate surface area is 159 Å². The summed E-state index contributed by atoms with van der Waals surface area (Å²) in [4.78, 5) is 37.1. The molecule has 146 valence electrons. The summed E-state index contributed by atoms with van der Waals surface area (Å²) in [5.74, 6) is -2.48. The Hall–Kier alpha value is -2.49. The van der Waals surface area contributed by atoms with Crippen molar-refractivity contribution in [1.29, 1.82) is 0 Å². The van der Waals surface area contributed by atoms with Crippen LogP contribution in [-0.4, -0.2) is 63.7 Å². The molecule has 3 rings (SSSR count). The van der Waals surface area contributed by atoms with E-state index < -0.39 is 52.4 Å². The first kappa shape index (κ1) is 19.3. The van der Waals surface area contributed by atoms with Gasteiger partial charge < -0.3 is 24.8 Å². The highest BCUT2D eigenvalue weighted by atomic mass is 32.2. The molecule has 10 heteroatoms. The molecule has 0 spiro atoms. The van der Waals surface area contributed by atoms with Gasteiger partial charge in [0.2, 0.25) is 5.91 Å². The number of fused-ring (bicyclic) bond motifs is 1. The van der Waals surface area contributed by atoms with Crippen LogP contribution in [0.15, 0.2) is 18.2 Å². The van der Waals surface area contributed by atoms with E-state index in [9.17, 15) is 23.9 Å². The SMILES string of the molecule is COc1ccc(OCC(=O)N[C@@H]2C(=O)N3[C@@H]2SC(C)(C)[C@@H]3C(=O)O)cc1F. The van der Waals surface area contributed by atoms with Crippen molar-refractivity contribution in [2.75, 3.05) is 13.7 Å². The van der Waals surface area contributed by atoms with Gasteiger partial charge in [-0.2, -0.15) is 0 Å². The fourth-order valence-corrected chi connectivity index (χ4v) is 4.87. The van der Waals surface area contributed by atoms with Gasteiger partial charge in [0.25, 0.3) is 5.91 Å². The Kier molecular flexibility index (Phi) is 4.94. The molecule has 27 heavy (non-hydrogen) atoms. The van der Waals surface area contributed by atoms with Crippen LogP contribution in [0.2, 0.25) is 0 Å². The molecule has 2 aliphatic heterocycles. The maximum absolute atomic E-state index is 13.6. The summed E-state index contributed by atoms with van der Waals surface area (Å²) >= 11 is 1.33. The van der Waals surface area contributed by atoms with Crippen LogP contribution in [0.25, 0.3) is 0 Å². The van der Waals surface area contributed by atoms with E-state index in [1.807, 2.05) is 0 Å². The number of nitrogens with zero attached hydrogens (tertiary/aromatic N) is 1. The average molecular weight is 398 g/mol. The number of nitrogens with one attached hydrogen (secondary N) is 1. The van der Waals surface area contributed by atoms with Gasteiger partial charge >= 0.3 is 5.97 Å². The van der Waals surface area contributed by atoms with E-state index in [2.05, 4.69) is 5.32 Å². The minimum atomic E-state index is -1.07. The zero-order chi connectivity index (χ0) is 19.9. The number of aliphatic carboxylic acids is 1. The lowest BCUT2D eigenvalue weighted by Gasteiger charge is -2.43. The number of carboxylic acids is 1. The highest BCUT2D eigenvalue weighted by molar-refractivity contribution is 8.01. The molecular formula is C17H19FN2O6S. The summed E-state index contributed by atoms with van der Waals surface area (Å²) in [5, 5.41) is 11.5. The van der Waals surface area contributed by atoms with Gasteiger partial charge in [-0.15, -0.1) is 11.8 Å². The summed E-state index contributed by atoms with van der Waals surface area (Å²) < 4.78 is 23.0. The van der Waals surface area contributed by atoms with Crippen LogP contribution in [0, 0.1) is 5.82 Å². The molecule has 2 N–H and O–H groups in total. The van der Waals surface area contributed by atoms with Crippen LogP contribution in [0.5, 0.6) is 11.5 Å². The third kappa shape index (κ3) is 3.41. The molecule has 3 atom stereocenters. The number of rotatable bonds is 6. The number of benzene rings is 1. The highest BCUT2D eigenvalue weighted by Crippen LogP contribution is 2.50. The molecule has 2 fully saturated rings. The zero-order valence-electron chi connectivity index (χ0n) is 14.9. The molecular weight excluding hydrogens is 379 g/mol. The molecule has 2 amide bonds. The molecule has 8 nitrogen and oxygen atoms in total. The molecule has 0 aromatic heterocycles. The Morgan fingerprint density at radius 2 is 2.11 bits per heavy atom. The maximum Gasteiger partial charge on any atom is 0.327 e. The predicted molar refractivity (Wildman–Crippen MR) is 94.1 cm³/mol. The van der Waals surface area contributed by atoms with Crippen molar-refractivity contribution in [3.63, 3.8) is 0 Å². The summed E-state index contributed by atoms with van der Waals surface area (Å²) in [6.45, 7) is 3.10. The first-order valence-electron chi connectivity index (χ1n) is 8.14. The van der Waals surface area contributed by atoms with Crippen LogP contribution in [-0.2, 0) is 14.4 Å². The Morgan fingerprint density at radius 3 is 2.70 bits per heavy atom. The fourth-order valence-electron chi connectivity index (χ4n) is 3.25. The third-order valence-corrected chi connectivity index (χ3v) is 6.06. The van der Waals surface area contributed by atoms with Crippen LogP contribution < -0.4 is 14.8 Å². The van der Waals surface area contributed by atoms with Gasteiger partial charge in [0, 0.05) is 10.8 Å². The number of carboxylic acid groups (broad SMARTS) is 1. The molecule has 2 saturated heterocycles. The number of ether oxygens (including phenoxy) is 2.